The molecular formula is C11H18N2O5S2. The third-order valence-corrected chi connectivity index (χ3v) is 5.74. The molecule has 114 valence electrons. The summed E-state index contributed by atoms with van der Waals surface area (Å²) in [5.41, 5.74) is 0.251. The molecule has 0 fully saturated rings. The molecule has 0 heterocycles. The van der Waals surface area contributed by atoms with Gasteiger partial charge in [-0.3, -0.25) is 4.72 Å². The summed E-state index contributed by atoms with van der Waals surface area (Å²) in [6, 6.07) is 4.03. The highest BCUT2D eigenvalue weighted by Crippen LogP contribution is 2.29. The van der Waals surface area contributed by atoms with Gasteiger partial charge in [-0.2, -0.15) is 0 Å². The van der Waals surface area contributed by atoms with Crippen LogP contribution in [-0.2, 0) is 20.0 Å². The van der Waals surface area contributed by atoms with Crippen molar-refractivity contribution in [2.24, 2.45) is 0 Å². The third-order valence-electron chi connectivity index (χ3n) is 2.58. The number of hydrogen-bond acceptors (Lipinski definition) is 5. The van der Waals surface area contributed by atoms with Crippen LogP contribution in [0.3, 0.4) is 0 Å². The molecule has 0 atom stereocenters. The van der Waals surface area contributed by atoms with Gasteiger partial charge in [-0.15, -0.1) is 0 Å². The van der Waals surface area contributed by atoms with E-state index in [4.69, 9.17) is 4.74 Å². The quantitative estimate of drug-likeness (QED) is 0.832. The van der Waals surface area contributed by atoms with Crippen LogP contribution in [0.4, 0.5) is 5.69 Å². The lowest BCUT2D eigenvalue weighted by Gasteiger charge is -2.15. The Labute approximate surface area is 119 Å². The first-order valence-corrected chi connectivity index (χ1v) is 8.84. The Morgan fingerprint density at radius 1 is 1.20 bits per heavy atom. The minimum absolute atomic E-state index is 0.0237. The van der Waals surface area contributed by atoms with Crippen molar-refractivity contribution < 1.29 is 21.6 Å². The number of ether oxygens (including phenoxy) is 1. The molecular weight excluding hydrogens is 304 g/mol. The maximum atomic E-state index is 12.1. The van der Waals surface area contributed by atoms with Crippen LogP contribution in [0.5, 0.6) is 5.75 Å². The van der Waals surface area contributed by atoms with E-state index in [1.165, 1.54) is 46.3 Å². The standard InChI is InChI=1S/C11H18N2O5S2/c1-5-19(14,15)12-9-6-7-11(10(8-9)18-4)20(16,17)13(2)3/h6-8,12H,5H2,1-4H3. The summed E-state index contributed by atoms with van der Waals surface area (Å²) < 4.78 is 55.5. The molecule has 7 nitrogen and oxygen atoms in total. The second-order valence-electron chi connectivity index (χ2n) is 4.16. The van der Waals surface area contributed by atoms with Crippen LogP contribution in [0.1, 0.15) is 6.92 Å². The maximum absolute atomic E-state index is 12.1. The van der Waals surface area contributed by atoms with Crippen LogP contribution < -0.4 is 9.46 Å². The lowest BCUT2D eigenvalue weighted by atomic mass is 10.3. The molecule has 0 bridgehead atoms. The molecule has 1 aromatic carbocycles. The van der Waals surface area contributed by atoms with Crippen LogP contribution in [0.15, 0.2) is 23.1 Å². The van der Waals surface area contributed by atoms with Crippen LogP contribution >= 0.6 is 0 Å². The van der Waals surface area contributed by atoms with Gasteiger partial charge in [0.1, 0.15) is 10.6 Å². The second kappa shape index (κ2) is 5.98. The van der Waals surface area contributed by atoms with E-state index in [2.05, 4.69) is 4.72 Å². The van der Waals surface area contributed by atoms with Gasteiger partial charge in [0.15, 0.2) is 0 Å². The first-order chi connectivity index (χ1) is 9.14. The Kier molecular flexibility index (Phi) is 5.00. The molecule has 0 amide bonds. The van der Waals surface area contributed by atoms with Gasteiger partial charge in [0.05, 0.1) is 18.6 Å². The summed E-state index contributed by atoms with van der Waals surface area (Å²) >= 11 is 0. The van der Waals surface area contributed by atoms with Crippen molar-refractivity contribution in [1.29, 1.82) is 0 Å². The molecule has 0 spiro atoms. The predicted molar refractivity (Wildman–Crippen MR) is 77.0 cm³/mol. The molecule has 20 heavy (non-hydrogen) atoms. The monoisotopic (exact) mass is 322 g/mol. The Hall–Kier alpha value is -1.32. The number of rotatable bonds is 6. The normalized spacial score (nSPS) is 12.4. The number of anilines is 1. The lowest BCUT2D eigenvalue weighted by molar-refractivity contribution is 0.400. The van der Waals surface area contributed by atoms with E-state index < -0.39 is 20.0 Å². The summed E-state index contributed by atoms with van der Waals surface area (Å²) in [5, 5.41) is 0. The van der Waals surface area contributed by atoms with Gasteiger partial charge in [0.2, 0.25) is 20.0 Å². The Bertz CT molecular complexity index is 681. The predicted octanol–water partition coefficient (Wildman–Crippen LogP) is 0.707. The van der Waals surface area contributed by atoms with Gasteiger partial charge in [-0.1, -0.05) is 0 Å². The van der Waals surface area contributed by atoms with Crippen molar-refractivity contribution in [2.45, 2.75) is 11.8 Å². The first kappa shape index (κ1) is 16.7. The van der Waals surface area contributed by atoms with Crippen molar-refractivity contribution in [2.75, 3.05) is 31.7 Å². The summed E-state index contributed by atoms with van der Waals surface area (Å²) in [6.45, 7) is 1.50. The second-order valence-corrected chi connectivity index (χ2v) is 8.29. The topological polar surface area (TPSA) is 92.8 Å². The minimum Gasteiger partial charge on any atom is -0.495 e. The SMILES string of the molecule is CCS(=O)(=O)Nc1ccc(S(=O)(=O)N(C)C)c(OC)c1. The van der Waals surface area contributed by atoms with Gasteiger partial charge in [0.25, 0.3) is 0 Å². The Balaban J connectivity index is 3.29. The van der Waals surface area contributed by atoms with Crippen molar-refractivity contribution in [3.8, 4) is 5.75 Å². The van der Waals surface area contributed by atoms with E-state index >= 15 is 0 Å². The summed E-state index contributed by atoms with van der Waals surface area (Å²) in [4.78, 5) is -0.0237. The smallest absolute Gasteiger partial charge is 0.246 e. The Morgan fingerprint density at radius 3 is 2.25 bits per heavy atom. The van der Waals surface area contributed by atoms with E-state index in [0.29, 0.717) is 0 Å². The molecule has 0 aliphatic rings. The highest BCUT2D eigenvalue weighted by Gasteiger charge is 2.22. The summed E-state index contributed by atoms with van der Waals surface area (Å²) in [7, 11) is -2.95. The van der Waals surface area contributed by atoms with Gasteiger partial charge < -0.3 is 4.74 Å². The van der Waals surface area contributed by atoms with E-state index in [1.807, 2.05) is 0 Å². The highest BCUT2D eigenvalue weighted by molar-refractivity contribution is 7.92. The fraction of sp³-hybridized carbons (Fsp3) is 0.455. The number of methoxy groups -OCH3 is 1. The molecule has 0 saturated carbocycles. The van der Waals surface area contributed by atoms with E-state index in [0.717, 1.165) is 4.31 Å². The first-order valence-electron chi connectivity index (χ1n) is 5.75. The molecule has 0 radical (unpaired) electrons. The average molecular weight is 322 g/mol. The molecule has 1 rings (SSSR count). The Morgan fingerprint density at radius 2 is 1.80 bits per heavy atom. The molecule has 0 aliphatic heterocycles. The fourth-order valence-electron chi connectivity index (χ4n) is 1.39. The van der Waals surface area contributed by atoms with Crippen molar-refractivity contribution >= 4 is 25.7 Å². The average Bonchev–Trinajstić information content (AvgIpc) is 2.37. The molecule has 1 aromatic rings. The van der Waals surface area contributed by atoms with Crippen LogP contribution in [0.2, 0.25) is 0 Å². The van der Waals surface area contributed by atoms with Gasteiger partial charge in [-0.25, -0.2) is 21.1 Å². The fourth-order valence-corrected chi connectivity index (χ4v) is 3.05. The summed E-state index contributed by atoms with van der Waals surface area (Å²) in [6.07, 6.45) is 0. The van der Waals surface area contributed by atoms with E-state index in [-0.39, 0.29) is 22.1 Å². The van der Waals surface area contributed by atoms with Crippen molar-refractivity contribution in [3.63, 3.8) is 0 Å². The van der Waals surface area contributed by atoms with Crippen LogP contribution in [0.25, 0.3) is 0 Å². The number of nitrogens with one attached hydrogen (secondary N) is 1. The van der Waals surface area contributed by atoms with E-state index in [1.54, 1.807) is 0 Å². The van der Waals surface area contributed by atoms with Crippen LogP contribution in [-0.4, -0.2) is 48.1 Å². The highest BCUT2D eigenvalue weighted by atomic mass is 32.2. The molecule has 0 aromatic heterocycles. The van der Waals surface area contributed by atoms with Crippen molar-refractivity contribution in [1.82, 2.24) is 4.31 Å². The zero-order valence-corrected chi connectivity index (χ0v) is 13.4. The number of sulfonamides is 2. The minimum atomic E-state index is -3.65. The lowest BCUT2D eigenvalue weighted by Crippen LogP contribution is -2.23. The largest absolute Gasteiger partial charge is 0.495 e. The van der Waals surface area contributed by atoms with Gasteiger partial charge in [-0.05, 0) is 19.1 Å². The van der Waals surface area contributed by atoms with E-state index in [9.17, 15) is 16.8 Å². The molecule has 0 saturated heterocycles. The van der Waals surface area contributed by atoms with Gasteiger partial charge >= 0.3 is 0 Å². The molecule has 1 N–H and O–H groups in total. The molecule has 9 heteroatoms. The van der Waals surface area contributed by atoms with Crippen molar-refractivity contribution in [3.05, 3.63) is 18.2 Å². The zero-order chi connectivity index (χ0) is 15.6. The summed E-state index contributed by atoms with van der Waals surface area (Å²) in [5.74, 6) is 0.00238. The molecule has 0 unspecified atom stereocenters. The number of hydrogen-bond donors (Lipinski definition) is 1. The van der Waals surface area contributed by atoms with Crippen LogP contribution in [0, 0.1) is 0 Å². The number of nitrogens with zero attached hydrogens (tertiary/aromatic N) is 1. The molecule has 0 aliphatic carbocycles. The van der Waals surface area contributed by atoms with Gasteiger partial charge in [0, 0.05) is 20.2 Å². The zero-order valence-electron chi connectivity index (χ0n) is 11.7. The number of benzene rings is 1. The third kappa shape index (κ3) is 3.62. The maximum Gasteiger partial charge on any atom is 0.246 e.